The van der Waals surface area contributed by atoms with Crippen LogP contribution in [-0.2, 0) is 0 Å². The van der Waals surface area contributed by atoms with Crippen molar-refractivity contribution < 1.29 is 5.11 Å². The van der Waals surface area contributed by atoms with E-state index in [0.29, 0.717) is 6.61 Å². The number of likely N-dealkylation sites (tertiary alicyclic amines) is 1. The molecule has 1 saturated heterocycles. The predicted octanol–water partition coefficient (Wildman–Crippen LogP) is 2.06. The van der Waals surface area contributed by atoms with Crippen LogP contribution in [0.25, 0.3) is 0 Å². The standard InChI is InChI=1S/C15H32N2O/c1-5-15(6-2,13-18)12-17(4)11-14-7-9-16(3)10-8-14/h14,18H,5-13H2,1-4H3. The topological polar surface area (TPSA) is 26.7 Å². The van der Waals surface area contributed by atoms with Gasteiger partial charge in [0.25, 0.3) is 0 Å². The number of nitrogens with zero attached hydrogens (tertiary/aromatic N) is 2. The lowest BCUT2D eigenvalue weighted by atomic mass is 9.82. The molecule has 1 rings (SSSR count). The zero-order valence-corrected chi connectivity index (χ0v) is 12.8. The number of rotatable bonds is 7. The molecule has 0 spiro atoms. The van der Waals surface area contributed by atoms with Crippen molar-refractivity contribution in [1.29, 1.82) is 0 Å². The van der Waals surface area contributed by atoms with Crippen molar-refractivity contribution in [2.24, 2.45) is 11.3 Å². The Hall–Kier alpha value is -0.120. The van der Waals surface area contributed by atoms with Crippen LogP contribution in [0.5, 0.6) is 0 Å². The maximum absolute atomic E-state index is 9.63. The Bertz CT molecular complexity index is 212. The van der Waals surface area contributed by atoms with E-state index in [1.165, 1.54) is 32.5 Å². The molecular weight excluding hydrogens is 224 g/mol. The summed E-state index contributed by atoms with van der Waals surface area (Å²) in [6.07, 6.45) is 4.78. The molecule has 18 heavy (non-hydrogen) atoms. The van der Waals surface area contributed by atoms with Gasteiger partial charge in [-0.3, -0.25) is 0 Å². The molecule has 1 aliphatic rings. The molecule has 1 heterocycles. The Kier molecular flexibility index (Phi) is 6.61. The van der Waals surface area contributed by atoms with Crippen molar-refractivity contribution in [2.45, 2.75) is 39.5 Å². The lowest BCUT2D eigenvalue weighted by molar-refractivity contribution is 0.0643. The maximum Gasteiger partial charge on any atom is 0.0499 e. The van der Waals surface area contributed by atoms with Crippen molar-refractivity contribution in [3.63, 3.8) is 0 Å². The van der Waals surface area contributed by atoms with E-state index in [4.69, 9.17) is 0 Å². The molecule has 1 N–H and O–H groups in total. The van der Waals surface area contributed by atoms with E-state index < -0.39 is 0 Å². The van der Waals surface area contributed by atoms with E-state index >= 15 is 0 Å². The molecule has 0 amide bonds. The van der Waals surface area contributed by atoms with E-state index in [9.17, 15) is 5.11 Å². The molecule has 1 fully saturated rings. The van der Waals surface area contributed by atoms with Crippen molar-refractivity contribution in [2.75, 3.05) is 46.9 Å². The summed E-state index contributed by atoms with van der Waals surface area (Å²) in [6, 6.07) is 0. The maximum atomic E-state index is 9.63. The Labute approximate surface area is 113 Å². The number of hydrogen-bond acceptors (Lipinski definition) is 3. The van der Waals surface area contributed by atoms with Gasteiger partial charge in [-0.05, 0) is 58.8 Å². The summed E-state index contributed by atoms with van der Waals surface area (Å²) in [7, 11) is 4.43. The van der Waals surface area contributed by atoms with Gasteiger partial charge in [0, 0.05) is 25.1 Å². The predicted molar refractivity (Wildman–Crippen MR) is 77.8 cm³/mol. The molecule has 0 radical (unpaired) electrons. The Morgan fingerprint density at radius 3 is 2.22 bits per heavy atom. The van der Waals surface area contributed by atoms with Crippen LogP contribution in [0.3, 0.4) is 0 Å². The van der Waals surface area contributed by atoms with Crippen LogP contribution in [0, 0.1) is 11.3 Å². The SMILES string of the molecule is CCC(CC)(CO)CN(C)CC1CCN(C)CC1. The first-order valence-corrected chi connectivity index (χ1v) is 7.53. The fraction of sp³-hybridized carbons (Fsp3) is 1.00. The Morgan fingerprint density at radius 2 is 1.78 bits per heavy atom. The summed E-state index contributed by atoms with van der Waals surface area (Å²) in [4.78, 5) is 4.87. The van der Waals surface area contributed by atoms with Crippen LogP contribution in [0.15, 0.2) is 0 Å². The third-order valence-corrected chi connectivity index (χ3v) is 4.85. The molecule has 108 valence electrons. The van der Waals surface area contributed by atoms with Gasteiger partial charge in [0.05, 0.1) is 0 Å². The van der Waals surface area contributed by atoms with Crippen molar-refractivity contribution in [1.82, 2.24) is 9.80 Å². The second-order valence-electron chi connectivity index (χ2n) is 6.31. The lowest BCUT2D eigenvalue weighted by Crippen LogP contribution is -2.41. The van der Waals surface area contributed by atoms with E-state index in [0.717, 1.165) is 25.3 Å². The molecule has 3 nitrogen and oxygen atoms in total. The highest BCUT2D eigenvalue weighted by molar-refractivity contribution is 4.80. The normalized spacial score (nSPS) is 19.7. The first-order chi connectivity index (χ1) is 8.55. The van der Waals surface area contributed by atoms with Crippen LogP contribution >= 0.6 is 0 Å². The van der Waals surface area contributed by atoms with Gasteiger partial charge in [-0.2, -0.15) is 0 Å². The average molecular weight is 256 g/mol. The van der Waals surface area contributed by atoms with Crippen LogP contribution in [-0.4, -0.2) is 61.8 Å². The summed E-state index contributed by atoms with van der Waals surface area (Å²) in [5.74, 6) is 0.844. The van der Waals surface area contributed by atoms with Crippen LogP contribution in [0.2, 0.25) is 0 Å². The van der Waals surface area contributed by atoms with Crippen LogP contribution in [0.4, 0.5) is 0 Å². The smallest absolute Gasteiger partial charge is 0.0499 e. The first kappa shape index (κ1) is 15.9. The molecule has 3 heteroatoms. The number of aliphatic hydroxyl groups is 1. The van der Waals surface area contributed by atoms with Crippen molar-refractivity contribution in [3.05, 3.63) is 0 Å². The molecular formula is C15H32N2O. The average Bonchev–Trinajstić information content (AvgIpc) is 2.39. The highest BCUT2D eigenvalue weighted by Gasteiger charge is 2.28. The first-order valence-electron chi connectivity index (χ1n) is 7.53. The minimum Gasteiger partial charge on any atom is -0.396 e. The third kappa shape index (κ3) is 4.52. The molecule has 0 saturated carbocycles. The molecule has 0 atom stereocenters. The molecule has 0 aliphatic carbocycles. The molecule has 0 unspecified atom stereocenters. The molecule has 0 aromatic carbocycles. The van der Waals surface area contributed by atoms with E-state index in [1.807, 2.05) is 0 Å². The molecule has 0 bridgehead atoms. The zero-order chi connectivity index (χ0) is 13.6. The highest BCUT2D eigenvalue weighted by Crippen LogP contribution is 2.27. The van der Waals surface area contributed by atoms with Gasteiger partial charge in [-0.1, -0.05) is 13.8 Å². The Morgan fingerprint density at radius 1 is 1.22 bits per heavy atom. The number of aliphatic hydroxyl groups excluding tert-OH is 1. The molecule has 1 aliphatic heterocycles. The van der Waals surface area contributed by atoms with Crippen LogP contribution in [0.1, 0.15) is 39.5 Å². The van der Waals surface area contributed by atoms with Crippen molar-refractivity contribution in [3.8, 4) is 0 Å². The third-order valence-electron chi connectivity index (χ3n) is 4.85. The monoisotopic (exact) mass is 256 g/mol. The van der Waals surface area contributed by atoms with Gasteiger partial charge in [0.1, 0.15) is 0 Å². The van der Waals surface area contributed by atoms with Gasteiger partial charge in [0.2, 0.25) is 0 Å². The highest BCUT2D eigenvalue weighted by atomic mass is 16.3. The fourth-order valence-electron chi connectivity index (χ4n) is 3.07. The van der Waals surface area contributed by atoms with Gasteiger partial charge in [0.15, 0.2) is 0 Å². The summed E-state index contributed by atoms with van der Waals surface area (Å²) in [5, 5.41) is 9.63. The second-order valence-corrected chi connectivity index (χ2v) is 6.31. The fourth-order valence-corrected chi connectivity index (χ4v) is 3.07. The number of piperidine rings is 1. The number of hydrogen-bond donors (Lipinski definition) is 1. The van der Waals surface area contributed by atoms with E-state index in [2.05, 4.69) is 37.7 Å². The Balaban J connectivity index is 2.38. The summed E-state index contributed by atoms with van der Waals surface area (Å²) in [5.41, 5.74) is 0.111. The summed E-state index contributed by atoms with van der Waals surface area (Å²) < 4.78 is 0. The lowest BCUT2D eigenvalue weighted by Gasteiger charge is -2.37. The van der Waals surface area contributed by atoms with Gasteiger partial charge < -0.3 is 14.9 Å². The van der Waals surface area contributed by atoms with E-state index in [-0.39, 0.29) is 5.41 Å². The van der Waals surface area contributed by atoms with Crippen molar-refractivity contribution >= 4 is 0 Å². The molecule has 0 aromatic heterocycles. The molecule has 0 aromatic rings. The van der Waals surface area contributed by atoms with Gasteiger partial charge >= 0.3 is 0 Å². The summed E-state index contributed by atoms with van der Waals surface area (Å²) >= 11 is 0. The second kappa shape index (κ2) is 7.46. The minimum atomic E-state index is 0.111. The zero-order valence-electron chi connectivity index (χ0n) is 12.8. The van der Waals surface area contributed by atoms with Gasteiger partial charge in [-0.25, -0.2) is 0 Å². The van der Waals surface area contributed by atoms with Gasteiger partial charge in [-0.15, -0.1) is 0 Å². The minimum absolute atomic E-state index is 0.111. The quantitative estimate of drug-likeness (QED) is 0.755. The van der Waals surface area contributed by atoms with Crippen LogP contribution < -0.4 is 0 Å². The summed E-state index contributed by atoms with van der Waals surface area (Å²) in [6.45, 7) is 9.42. The largest absolute Gasteiger partial charge is 0.396 e. The van der Waals surface area contributed by atoms with E-state index in [1.54, 1.807) is 0 Å².